The molecule has 3 aromatic rings. The Hall–Kier alpha value is -3.00. The summed E-state index contributed by atoms with van der Waals surface area (Å²) >= 11 is 2.21. The molecule has 1 amide bonds. The molecule has 0 radical (unpaired) electrons. The molecule has 3 aromatic carbocycles. The molecule has 1 aliphatic rings. The van der Waals surface area contributed by atoms with Gasteiger partial charge >= 0.3 is 6.09 Å². The normalized spacial score (nSPS) is 12.3. The molecule has 0 spiro atoms. The van der Waals surface area contributed by atoms with Crippen LogP contribution < -0.4 is 14.8 Å². The lowest BCUT2D eigenvalue weighted by molar-refractivity contribution is 0.144. The molecular weight excluding hydrogens is 517 g/mol. The van der Waals surface area contributed by atoms with Gasteiger partial charge in [-0.3, -0.25) is 0 Å². The first kappa shape index (κ1) is 22.2. The van der Waals surface area contributed by atoms with E-state index in [1.54, 1.807) is 14.2 Å². The van der Waals surface area contributed by atoms with Crippen LogP contribution >= 0.6 is 22.6 Å². The topological polar surface area (TPSA) is 56.8 Å². The Morgan fingerprint density at radius 2 is 1.66 bits per heavy atom. The van der Waals surface area contributed by atoms with Crippen LogP contribution in [0.2, 0.25) is 0 Å². The molecule has 0 saturated carbocycles. The summed E-state index contributed by atoms with van der Waals surface area (Å²) in [5.41, 5.74) is 5.78. The Morgan fingerprint density at radius 1 is 1.00 bits per heavy atom. The van der Waals surface area contributed by atoms with E-state index in [-0.39, 0.29) is 5.92 Å². The molecule has 1 aliphatic carbocycles. The Balaban J connectivity index is 1.33. The maximum Gasteiger partial charge on any atom is 0.407 e. The highest BCUT2D eigenvalue weighted by molar-refractivity contribution is 14.1. The molecule has 0 fully saturated rings. The highest BCUT2D eigenvalue weighted by Gasteiger charge is 2.28. The van der Waals surface area contributed by atoms with Crippen molar-refractivity contribution in [1.29, 1.82) is 0 Å². The quantitative estimate of drug-likeness (QED) is 0.381. The predicted molar refractivity (Wildman–Crippen MR) is 134 cm³/mol. The van der Waals surface area contributed by atoms with Gasteiger partial charge in [0.05, 0.1) is 17.8 Å². The van der Waals surface area contributed by atoms with E-state index >= 15 is 0 Å². The van der Waals surface area contributed by atoms with Gasteiger partial charge in [-0.05, 0) is 62.5 Å². The van der Waals surface area contributed by atoms with E-state index < -0.39 is 6.09 Å². The average Bonchev–Trinajstić information content (AvgIpc) is 3.14. The summed E-state index contributed by atoms with van der Waals surface area (Å²) < 4.78 is 17.3. The number of hydrogen-bond donors (Lipinski definition) is 1. The van der Waals surface area contributed by atoms with E-state index in [1.165, 1.54) is 22.3 Å². The summed E-state index contributed by atoms with van der Waals surface area (Å²) in [6.45, 7) is 0.666. The number of alkyl carbamates (subject to hydrolysis) is 1. The monoisotopic (exact) mass is 541 g/mol. The Morgan fingerprint density at radius 3 is 2.28 bits per heavy atom. The van der Waals surface area contributed by atoms with Crippen LogP contribution in [0.3, 0.4) is 0 Å². The van der Waals surface area contributed by atoms with E-state index in [9.17, 15) is 4.79 Å². The van der Waals surface area contributed by atoms with Crippen molar-refractivity contribution in [3.8, 4) is 22.6 Å². The first-order valence-electron chi connectivity index (χ1n) is 10.3. The summed E-state index contributed by atoms with van der Waals surface area (Å²) in [4.78, 5) is 12.3. The number of halogens is 1. The summed E-state index contributed by atoms with van der Waals surface area (Å²) in [6, 6.07) is 20.5. The van der Waals surface area contributed by atoms with E-state index in [0.717, 1.165) is 9.13 Å². The van der Waals surface area contributed by atoms with Crippen molar-refractivity contribution in [2.75, 3.05) is 27.4 Å². The number of ether oxygens (including phenoxy) is 3. The largest absolute Gasteiger partial charge is 0.493 e. The number of amides is 1. The van der Waals surface area contributed by atoms with Crippen molar-refractivity contribution >= 4 is 34.8 Å². The molecule has 1 N–H and O–H groups in total. The third kappa shape index (κ3) is 4.60. The third-order valence-corrected chi connectivity index (χ3v) is 6.28. The minimum absolute atomic E-state index is 0.0533. The van der Waals surface area contributed by atoms with Crippen LogP contribution in [0.15, 0.2) is 66.7 Å². The SMILES string of the molecule is COc1cc(C=CCNC(=O)OCC2c3ccccc3-c3ccccc32)cc(I)c1OC. The number of benzene rings is 3. The van der Waals surface area contributed by atoms with Crippen LogP contribution in [0, 0.1) is 3.57 Å². The zero-order valence-electron chi connectivity index (χ0n) is 17.9. The third-order valence-electron chi connectivity index (χ3n) is 5.47. The van der Waals surface area contributed by atoms with Crippen LogP contribution in [0.1, 0.15) is 22.6 Å². The molecular formula is C26H24INO4. The van der Waals surface area contributed by atoms with Gasteiger partial charge in [0.25, 0.3) is 0 Å². The van der Waals surface area contributed by atoms with E-state index in [1.807, 2.05) is 48.6 Å². The average molecular weight is 541 g/mol. The highest BCUT2D eigenvalue weighted by atomic mass is 127. The molecule has 0 aliphatic heterocycles. The first-order chi connectivity index (χ1) is 15.6. The number of rotatable bonds is 7. The zero-order chi connectivity index (χ0) is 22.5. The second kappa shape index (κ2) is 10.1. The molecule has 0 atom stereocenters. The van der Waals surface area contributed by atoms with Crippen molar-refractivity contribution in [3.05, 3.63) is 87.0 Å². The number of fused-ring (bicyclic) bond motifs is 3. The number of carbonyl (C=O) groups is 1. The van der Waals surface area contributed by atoms with Gasteiger partial charge in [-0.15, -0.1) is 0 Å². The summed E-state index contributed by atoms with van der Waals surface area (Å²) in [6.07, 6.45) is 3.37. The van der Waals surface area contributed by atoms with Crippen LogP contribution in [0.4, 0.5) is 4.79 Å². The molecule has 4 rings (SSSR count). The van der Waals surface area contributed by atoms with E-state index in [0.29, 0.717) is 24.7 Å². The molecule has 0 aromatic heterocycles. The summed E-state index contributed by atoms with van der Waals surface area (Å²) in [5.74, 6) is 1.43. The number of nitrogens with one attached hydrogen (secondary N) is 1. The van der Waals surface area contributed by atoms with Gasteiger partial charge in [-0.25, -0.2) is 4.79 Å². The standard InChI is InChI=1S/C26H24INO4/c1-30-24-15-17(14-23(27)25(24)31-2)8-7-13-28-26(29)32-16-22-20-11-5-3-9-18(20)19-10-4-6-12-21(19)22/h3-12,14-15,22H,13,16H2,1-2H3,(H,28,29). The van der Waals surface area contributed by atoms with Gasteiger partial charge < -0.3 is 19.5 Å². The fourth-order valence-electron chi connectivity index (χ4n) is 4.02. The molecule has 0 unspecified atom stereocenters. The lowest BCUT2D eigenvalue weighted by atomic mass is 9.98. The maximum atomic E-state index is 12.3. The lowest BCUT2D eigenvalue weighted by Gasteiger charge is -2.14. The van der Waals surface area contributed by atoms with Gasteiger partial charge in [0.1, 0.15) is 6.61 Å². The van der Waals surface area contributed by atoms with E-state index in [2.05, 4.69) is 52.2 Å². The van der Waals surface area contributed by atoms with Gasteiger partial charge in [0.15, 0.2) is 11.5 Å². The maximum absolute atomic E-state index is 12.3. The summed E-state index contributed by atoms with van der Waals surface area (Å²) in [5, 5.41) is 2.78. The lowest BCUT2D eigenvalue weighted by Crippen LogP contribution is -2.26. The van der Waals surface area contributed by atoms with Gasteiger partial charge in [0, 0.05) is 12.5 Å². The fourth-order valence-corrected chi connectivity index (χ4v) is 4.87. The van der Waals surface area contributed by atoms with Crippen LogP contribution in [0.25, 0.3) is 17.2 Å². The minimum atomic E-state index is -0.432. The van der Waals surface area contributed by atoms with E-state index in [4.69, 9.17) is 14.2 Å². The van der Waals surface area contributed by atoms with Crippen LogP contribution in [-0.2, 0) is 4.74 Å². The Bertz CT molecular complexity index is 1110. The van der Waals surface area contributed by atoms with Crippen LogP contribution in [-0.4, -0.2) is 33.5 Å². The molecule has 32 heavy (non-hydrogen) atoms. The Labute approximate surface area is 201 Å². The van der Waals surface area contributed by atoms with Crippen molar-refractivity contribution in [1.82, 2.24) is 5.32 Å². The van der Waals surface area contributed by atoms with Crippen molar-refractivity contribution < 1.29 is 19.0 Å². The van der Waals surface area contributed by atoms with Crippen molar-refractivity contribution in [2.24, 2.45) is 0 Å². The van der Waals surface area contributed by atoms with Gasteiger partial charge in [-0.1, -0.05) is 60.7 Å². The molecule has 0 bridgehead atoms. The van der Waals surface area contributed by atoms with Gasteiger partial charge in [-0.2, -0.15) is 0 Å². The Kier molecular flexibility index (Phi) is 6.99. The minimum Gasteiger partial charge on any atom is -0.493 e. The van der Waals surface area contributed by atoms with Gasteiger partial charge in [0.2, 0.25) is 0 Å². The molecule has 164 valence electrons. The molecule has 6 heteroatoms. The van der Waals surface area contributed by atoms with Crippen molar-refractivity contribution in [3.63, 3.8) is 0 Å². The smallest absolute Gasteiger partial charge is 0.407 e. The van der Waals surface area contributed by atoms with Crippen LogP contribution in [0.5, 0.6) is 11.5 Å². The number of methoxy groups -OCH3 is 2. The zero-order valence-corrected chi connectivity index (χ0v) is 20.1. The first-order valence-corrected chi connectivity index (χ1v) is 11.4. The van der Waals surface area contributed by atoms with Crippen molar-refractivity contribution in [2.45, 2.75) is 5.92 Å². The number of hydrogen-bond acceptors (Lipinski definition) is 4. The molecule has 0 saturated heterocycles. The fraction of sp³-hybridized carbons (Fsp3) is 0.192. The highest BCUT2D eigenvalue weighted by Crippen LogP contribution is 2.44. The molecule has 5 nitrogen and oxygen atoms in total. The number of carbonyl (C=O) groups excluding carboxylic acids is 1. The summed E-state index contributed by atoms with van der Waals surface area (Å²) in [7, 11) is 3.23. The predicted octanol–water partition coefficient (Wildman–Crippen LogP) is 5.86. The molecule has 0 heterocycles. The second-order valence-corrected chi connectivity index (χ2v) is 8.51. The second-order valence-electron chi connectivity index (χ2n) is 7.35.